The maximum atomic E-state index is 12.4. The Bertz CT molecular complexity index is 488. The van der Waals surface area contributed by atoms with E-state index in [0.29, 0.717) is 18.7 Å². The smallest absolute Gasteiger partial charge is 0.416 e. The number of hydrogen-bond acceptors (Lipinski definition) is 3. The topological polar surface area (TPSA) is 50.4 Å². The molecular weight excluding hydrogens is 333 g/mol. The summed E-state index contributed by atoms with van der Waals surface area (Å²) in [6, 6.07) is 4.73. The van der Waals surface area contributed by atoms with Crippen LogP contribution < -0.4 is 15.4 Å². The van der Waals surface area contributed by atoms with Crippen LogP contribution in [-0.4, -0.2) is 31.6 Å². The highest BCUT2D eigenvalue weighted by molar-refractivity contribution is 5.85. The number of rotatable bonds is 6. The molecule has 1 aliphatic heterocycles. The fraction of sp³-hybridized carbons (Fsp3) is 0.533. The molecule has 0 aliphatic carbocycles. The lowest BCUT2D eigenvalue weighted by molar-refractivity contribution is -0.137. The summed E-state index contributed by atoms with van der Waals surface area (Å²) in [6.07, 6.45) is -1.80. The first-order chi connectivity index (χ1) is 10.4. The molecule has 0 radical (unpaired) electrons. The van der Waals surface area contributed by atoms with E-state index in [1.165, 1.54) is 12.1 Å². The summed E-state index contributed by atoms with van der Waals surface area (Å²) in [5, 5.41) is 5.97. The van der Waals surface area contributed by atoms with Crippen LogP contribution in [-0.2, 0) is 11.0 Å². The number of carbonyl (C=O) groups excluding carboxylic acids is 1. The highest BCUT2D eigenvalue weighted by Crippen LogP contribution is 2.30. The van der Waals surface area contributed by atoms with Crippen molar-refractivity contribution in [1.29, 1.82) is 0 Å². The van der Waals surface area contributed by atoms with Gasteiger partial charge < -0.3 is 15.4 Å². The van der Waals surface area contributed by atoms with Crippen molar-refractivity contribution in [2.75, 3.05) is 19.7 Å². The third-order valence-electron chi connectivity index (χ3n) is 3.47. The fourth-order valence-electron chi connectivity index (χ4n) is 2.33. The summed E-state index contributed by atoms with van der Waals surface area (Å²) >= 11 is 0. The van der Waals surface area contributed by atoms with Crippen LogP contribution in [0, 0.1) is 0 Å². The Balaban J connectivity index is 0.00000264. The Morgan fingerprint density at radius 3 is 2.57 bits per heavy atom. The first kappa shape index (κ1) is 19.6. The molecule has 0 saturated carbocycles. The van der Waals surface area contributed by atoms with Crippen LogP contribution in [0.1, 0.15) is 24.8 Å². The molecule has 1 aliphatic rings. The fourth-order valence-corrected chi connectivity index (χ4v) is 2.33. The van der Waals surface area contributed by atoms with Gasteiger partial charge >= 0.3 is 6.18 Å². The summed E-state index contributed by atoms with van der Waals surface area (Å²) in [4.78, 5) is 11.6. The van der Waals surface area contributed by atoms with E-state index in [4.69, 9.17) is 4.74 Å². The van der Waals surface area contributed by atoms with Crippen LogP contribution in [0.5, 0.6) is 5.75 Å². The quantitative estimate of drug-likeness (QED) is 0.774. The standard InChI is InChI=1S/C15H19F3N2O2.ClH/c16-15(17,18)11-3-5-13(6-4-11)22-9-8-20-14(21)10-12-2-1-7-19-12;/h3-6,12,19H,1-2,7-10H2,(H,20,21);1H. The molecule has 2 rings (SSSR count). The number of amides is 1. The molecule has 1 unspecified atom stereocenters. The van der Waals surface area contributed by atoms with E-state index in [9.17, 15) is 18.0 Å². The molecule has 0 spiro atoms. The number of alkyl halides is 3. The molecular formula is C15H20ClF3N2O2. The maximum absolute atomic E-state index is 12.4. The molecule has 4 nitrogen and oxygen atoms in total. The van der Waals surface area contributed by atoms with Crippen molar-refractivity contribution in [3.8, 4) is 5.75 Å². The average molecular weight is 353 g/mol. The Labute approximate surface area is 139 Å². The summed E-state index contributed by atoms with van der Waals surface area (Å²) < 4.78 is 42.5. The third kappa shape index (κ3) is 6.66. The molecule has 1 heterocycles. The van der Waals surface area contributed by atoms with E-state index in [0.717, 1.165) is 31.5 Å². The zero-order valence-corrected chi connectivity index (χ0v) is 13.3. The predicted molar refractivity (Wildman–Crippen MR) is 82.8 cm³/mol. The first-order valence-electron chi connectivity index (χ1n) is 7.25. The molecule has 0 aromatic heterocycles. The number of ether oxygens (including phenoxy) is 1. The molecule has 0 bridgehead atoms. The lowest BCUT2D eigenvalue weighted by atomic mass is 10.1. The normalized spacial score (nSPS) is 17.4. The summed E-state index contributed by atoms with van der Waals surface area (Å²) in [5.74, 6) is 0.301. The maximum Gasteiger partial charge on any atom is 0.416 e. The van der Waals surface area contributed by atoms with Crippen molar-refractivity contribution in [3.63, 3.8) is 0 Å². The van der Waals surface area contributed by atoms with Crippen molar-refractivity contribution in [3.05, 3.63) is 29.8 Å². The SMILES string of the molecule is Cl.O=C(CC1CCCN1)NCCOc1ccc(C(F)(F)F)cc1. The van der Waals surface area contributed by atoms with Gasteiger partial charge in [-0.25, -0.2) is 0 Å². The second-order valence-corrected chi connectivity index (χ2v) is 5.22. The molecule has 1 fully saturated rings. The van der Waals surface area contributed by atoms with Gasteiger partial charge in [0.05, 0.1) is 12.1 Å². The van der Waals surface area contributed by atoms with Gasteiger partial charge in [0.2, 0.25) is 5.91 Å². The van der Waals surface area contributed by atoms with Gasteiger partial charge in [0.25, 0.3) is 0 Å². The minimum Gasteiger partial charge on any atom is -0.492 e. The molecule has 130 valence electrons. The molecule has 8 heteroatoms. The van der Waals surface area contributed by atoms with Crippen molar-refractivity contribution in [2.45, 2.75) is 31.5 Å². The first-order valence-corrected chi connectivity index (χ1v) is 7.25. The van der Waals surface area contributed by atoms with Gasteiger partial charge in [-0.2, -0.15) is 13.2 Å². The molecule has 2 N–H and O–H groups in total. The predicted octanol–water partition coefficient (Wildman–Crippen LogP) is 2.76. The highest BCUT2D eigenvalue weighted by atomic mass is 35.5. The second kappa shape index (κ2) is 8.98. The second-order valence-electron chi connectivity index (χ2n) is 5.22. The molecule has 1 atom stereocenters. The minimum atomic E-state index is -4.35. The Morgan fingerprint density at radius 1 is 1.30 bits per heavy atom. The van der Waals surface area contributed by atoms with E-state index in [2.05, 4.69) is 10.6 Å². The minimum absolute atomic E-state index is 0. The van der Waals surface area contributed by atoms with E-state index >= 15 is 0 Å². The summed E-state index contributed by atoms with van der Waals surface area (Å²) in [6.45, 7) is 1.50. The van der Waals surface area contributed by atoms with Gasteiger partial charge in [-0.1, -0.05) is 0 Å². The van der Waals surface area contributed by atoms with Crippen LogP contribution >= 0.6 is 12.4 Å². The summed E-state index contributed by atoms with van der Waals surface area (Å²) in [7, 11) is 0. The van der Waals surface area contributed by atoms with Gasteiger partial charge in [-0.15, -0.1) is 12.4 Å². The largest absolute Gasteiger partial charge is 0.492 e. The van der Waals surface area contributed by atoms with E-state index < -0.39 is 11.7 Å². The van der Waals surface area contributed by atoms with Gasteiger partial charge in [-0.3, -0.25) is 4.79 Å². The monoisotopic (exact) mass is 352 g/mol. The molecule has 23 heavy (non-hydrogen) atoms. The molecule has 1 aromatic rings. The average Bonchev–Trinajstić information content (AvgIpc) is 2.96. The van der Waals surface area contributed by atoms with Gasteiger partial charge in [-0.05, 0) is 43.7 Å². The van der Waals surface area contributed by atoms with Crippen molar-refractivity contribution in [1.82, 2.24) is 10.6 Å². The lowest BCUT2D eigenvalue weighted by Gasteiger charge is -2.11. The van der Waals surface area contributed by atoms with Crippen LogP contribution in [0.4, 0.5) is 13.2 Å². The zero-order valence-electron chi connectivity index (χ0n) is 12.5. The van der Waals surface area contributed by atoms with Crippen LogP contribution in [0.2, 0.25) is 0 Å². The Hall–Kier alpha value is -1.47. The number of benzene rings is 1. The van der Waals surface area contributed by atoms with Gasteiger partial charge in [0, 0.05) is 12.5 Å². The van der Waals surface area contributed by atoms with Gasteiger partial charge in [0.1, 0.15) is 12.4 Å². The van der Waals surface area contributed by atoms with Crippen LogP contribution in [0.15, 0.2) is 24.3 Å². The molecule has 1 amide bonds. The van der Waals surface area contributed by atoms with E-state index in [1.54, 1.807) is 0 Å². The number of carbonyl (C=O) groups is 1. The number of halogens is 4. The lowest BCUT2D eigenvalue weighted by Crippen LogP contribution is -2.33. The third-order valence-corrected chi connectivity index (χ3v) is 3.47. The Kier molecular flexibility index (Phi) is 7.64. The number of hydrogen-bond donors (Lipinski definition) is 2. The van der Waals surface area contributed by atoms with E-state index in [-0.39, 0.29) is 31.0 Å². The van der Waals surface area contributed by atoms with E-state index in [1.807, 2.05) is 0 Å². The van der Waals surface area contributed by atoms with Crippen molar-refractivity contribution in [2.24, 2.45) is 0 Å². The van der Waals surface area contributed by atoms with Crippen molar-refractivity contribution < 1.29 is 22.7 Å². The highest BCUT2D eigenvalue weighted by Gasteiger charge is 2.30. The molecule has 1 aromatic carbocycles. The zero-order chi connectivity index (χ0) is 16.0. The molecule has 1 saturated heterocycles. The van der Waals surface area contributed by atoms with Crippen molar-refractivity contribution >= 4 is 18.3 Å². The number of nitrogens with one attached hydrogen (secondary N) is 2. The van der Waals surface area contributed by atoms with Crippen LogP contribution in [0.25, 0.3) is 0 Å². The van der Waals surface area contributed by atoms with Gasteiger partial charge in [0.15, 0.2) is 0 Å². The Morgan fingerprint density at radius 2 is 2.00 bits per heavy atom. The summed E-state index contributed by atoms with van der Waals surface area (Å²) in [5.41, 5.74) is -0.711. The van der Waals surface area contributed by atoms with Crippen LogP contribution in [0.3, 0.4) is 0 Å².